The van der Waals surface area contributed by atoms with Crippen molar-refractivity contribution < 1.29 is 17.2 Å². The lowest BCUT2D eigenvalue weighted by Crippen LogP contribution is -2.48. The second-order valence-corrected chi connectivity index (χ2v) is 6.64. The Balaban J connectivity index is 1.99. The highest BCUT2D eigenvalue weighted by Gasteiger charge is 2.36. The lowest BCUT2D eigenvalue weighted by molar-refractivity contribution is 0.264. The van der Waals surface area contributed by atoms with Gasteiger partial charge in [0.15, 0.2) is 0 Å². The Morgan fingerprint density at radius 3 is 2.86 bits per heavy atom. The van der Waals surface area contributed by atoms with Crippen molar-refractivity contribution in [3.8, 4) is 0 Å². The van der Waals surface area contributed by atoms with Gasteiger partial charge in [0.1, 0.15) is 5.82 Å². The third-order valence-corrected chi connectivity index (χ3v) is 5.28. The molecular weight excluding hydrogens is 295 g/mol. The van der Waals surface area contributed by atoms with Crippen molar-refractivity contribution in [1.82, 2.24) is 9.62 Å². The average molecular weight is 310 g/mol. The van der Waals surface area contributed by atoms with E-state index in [1.165, 1.54) is 34.8 Å². The van der Waals surface area contributed by atoms with Crippen LogP contribution in [0.25, 0.3) is 0 Å². The third kappa shape index (κ3) is 2.72. The second kappa shape index (κ2) is 5.59. The Bertz CT molecular complexity index is 716. The van der Waals surface area contributed by atoms with Crippen LogP contribution in [0.2, 0.25) is 0 Å². The molecule has 7 heteroatoms. The summed E-state index contributed by atoms with van der Waals surface area (Å²) in [5, 5.41) is 3.05. The van der Waals surface area contributed by atoms with Gasteiger partial charge in [-0.05, 0) is 29.8 Å². The second-order valence-electron chi connectivity index (χ2n) is 4.82. The molecule has 1 aromatic carbocycles. The van der Waals surface area contributed by atoms with E-state index < -0.39 is 16.1 Å². The molecule has 0 amide bonds. The van der Waals surface area contributed by atoms with Gasteiger partial charge in [0.05, 0.1) is 12.3 Å². The lowest BCUT2D eigenvalue weighted by Gasteiger charge is -2.34. The molecule has 1 aliphatic rings. The summed E-state index contributed by atoms with van der Waals surface area (Å²) in [4.78, 5) is 0. The highest BCUT2D eigenvalue weighted by Crippen LogP contribution is 2.29. The van der Waals surface area contributed by atoms with Crippen LogP contribution in [0.15, 0.2) is 52.2 Å². The number of rotatable bonds is 3. The summed E-state index contributed by atoms with van der Waals surface area (Å²) in [5.41, 5.74) is 0.623. The first-order valence-corrected chi connectivity index (χ1v) is 8.04. The Kier molecular flexibility index (Phi) is 3.79. The summed E-state index contributed by atoms with van der Waals surface area (Å²) in [6, 6.07) is 8.51. The van der Waals surface area contributed by atoms with E-state index in [9.17, 15) is 12.8 Å². The van der Waals surface area contributed by atoms with Crippen LogP contribution >= 0.6 is 0 Å². The van der Waals surface area contributed by atoms with Crippen molar-refractivity contribution in [1.29, 1.82) is 0 Å². The van der Waals surface area contributed by atoms with E-state index >= 15 is 0 Å². The molecule has 1 atom stereocenters. The number of nitrogens with one attached hydrogen (secondary N) is 1. The molecule has 2 aromatic rings. The average Bonchev–Trinajstić information content (AvgIpc) is 3.02. The van der Waals surface area contributed by atoms with E-state index in [4.69, 9.17) is 4.42 Å². The minimum absolute atomic E-state index is 0.0918. The zero-order valence-electron chi connectivity index (χ0n) is 11.2. The zero-order chi connectivity index (χ0) is 14.9. The third-order valence-electron chi connectivity index (χ3n) is 3.49. The Morgan fingerprint density at radius 1 is 1.29 bits per heavy atom. The van der Waals surface area contributed by atoms with E-state index in [1.54, 1.807) is 12.1 Å². The first-order valence-electron chi connectivity index (χ1n) is 6.60. The zero-order valence-corrected chi connectivity index (χ0v) is 12.0. The molecule has 0 radical (unpaired) electrons. The number of benzene rings is 1. The molecular formula is C14H15FN2O3S. The van der Waals surface area contributed by atoms with Crippen LogP contribution in [0.1, 0.15) is 11.6 Å². The summed E-state index contributed by atoms with van der Waals surface area (Å²) < 4.78 is 45.1. The molecule has 1 aromatic heterocycles. The van der Waals surface area contributed by atoms with Crippen molar-refractivity contribution in [3.63, 3.8) is 0 Å². The van der Waals surface area contributed by atoms with Crippen LogP contribution in [-0.4, -0.2) is 32.4 Å². The minimum Gasteiger partial charge on any atom is -0.452 e. The first-order chi connectivity index (χ1) is 10.1. The fraction of sp³-hybridized carbons (Fsp3) is 0.286. The van der Waals surface area contributed by atoms with Crippen LogP contribution in [0.5, 0.6) is 0 Å². The molecule has 0 saturated carbocycles. The monoisotopic (exact) mass is 310 g/mol. The van der Waals surface area contributed by atoms with Crippen molar-refractivity contribution in [2.24, 2.45) is 0 Å². The fourth-order valence-electron chi connectivity index (χ4n) is 2.50. The molecule has 1 unspecified atom stereocenters. The number of furan rings is 1. The van der Waals surface area contributed by atoms with E-state index in [2.05, 4.69) is 5.32 Å². The predicted octanol–water partition coefficient (Wildman–Crippen LogP) is 1.75. The van der Waals surface area contributed by atoms with Crippen molar-refractivity contribution >= 4 is 10.0 Å². The van der Waals surface area contributed by atoms with Gasteiger partial charge in [-0.25, -0.2) is 12.8 Å². The Morgan fingerprint density at radius 2 is 2.14 bits per heavy atom. The minimum atomic E-state index is -3.72. The van der Waals surface area contributed by atoms with Crippen molar-refractivity contribution in [3.05, 3.63) is 54.0 Å². The molecule has 2 heterocycles. The van der Waals surface area contributed by atoms with Gasteiger partial charge >= 0.3 is 0 Å². The van der Waals surface area contributed by atoms with Crippen LogP contribution in [0.3, 0.4) is 0 Å². The van der Waals surface area contributed by atoms with E-state index in [-0.39, 0.29) is 10.9 Å². The summed E-state index contributed by atoms with van der Waals surface area (Å²) in [6.45, 7) is 1.29. The summed E-state index contributed by atoms with van der Waals surface area (Å²) in [5.74, 6) is -0.381. The Labute approximate surface area is 122 Å². The fourth-order valence-corrected chi connectivity index (χ4v) is 4.02. The molecule has 1 saturated heterocycles. The molecule has 0 aliphatic carbocycles. The van der Waals surface area contributed by atoms with Gasteiger partial charge in [-0.1, -0.05) is 12.1 Å². The number of nitrogens with zero attached hydrogens (tertiary/aromatic N) is 1. The van der Waals surface area contributed by atoms with Gasteiger partial charge < -0.3 is 9.73 Å². The standard InChI is InChI=1S/C14H15FN2O3S/c15-12-4-1-3-11(9-12)13-10-16-6-7-17(13)21(18,19)14-5-2-8-20-14/h1-5,8-9,13,16H,6-7,10H2. The van der Waals surface area contributed by atoms with E-state index in [1.807, 2.05) is 0 Å². The molecule has 0 spiro atoms. The molecule has 5 nitrogen and oxygen atoms in total. The van der Waals surface area contributed by atoms with Gasteiger partial charge in [0, 0.05) is 19.6 Å². The SMILES string of the molecule is O=S(=O)(c1ccco1)N1CCNCC1c1cccc(F)c1. The topological polar surface area (TPSA) is 62.6 Å². The molecule has 1 aliphatic heterocycles. The van der Waals surface area contributed by atoms with Gasteiger partial charge in [-0.2, -0.15) is 4.31 Å². The summed E-state index contributed by atoms with van der Waals surface area (Å²) >= 11 is 0. The van der Waals surface area contributed by atoms with Crippen LogP contribution in [0, 0.1) is 5.82 Å². The van der Waals surface area contributed by atoms with E-state index in [0.29, 0.717) is 25.2 Å². The maximum atomic E-state index is 13.4. The highest BCUT2D eigenvalue weighted by atomic mass is 32.2. The number of hydrogen-bond donors (Lipinski definition) is 1. The van der Waals surface area contributed by atoms with E-state index in [0.717, 1.165) is 0 Å². The summed E-state index contributed by atoms with van der Waals surface area (Å²) in [6.07, 6.45) is 1.33. The number of piperazine rings is 1. The van der Waals surface area contributed by atoms with Crippen LogP contribution < -0.4 is 5.32 Å². The molecule has 3 rings (SSSR count). The quantitative estimate of drug-likeness (QED) is 0.938. The van der Waals surface area contributed by atoms with Crippen molar-refractivity contribution in [2.45, 2.75) is 11.1 Å². The number of hydrogen-bond acceptors (Lipinski definition) is 4. The smallest absolute Gasteiger partial charge is 0.277 e. The molecule has 112 valence electrons. The number of sulfonamides is 1. The molecule has 1 N–H and O–H groups in total. The molecule has 1 fully saturated rings. The largest absolute Gasteiger partial charge is 0.452 e. The lowest BCUT2D eigenvalue weighted by atomic mass is 10.1. The first kappa shape index (κ1) is 14.2. The Hall–Kier alpha value is -1.70. The van der Waals surface area contributed by atoms with Crippen molar-refractivity contribution in [2.75, 3.05) is 19.6 Å². The van der Waals surface area contributed by atoms with Gasteiger partial charge in [-0.3, -0.25) is 0 Å². The van der Waals surface area contributed by atoms with Gasteiger partial charge in [-0.15, -0.1) is 0 Å². The predicted molar refractivity (Wildman–Crippen MR) is 74.6 cm³/mol. The van der Waals surface area contributed by atoms with Crippen LogP contribution in [0.4, 0.5) is 4.39 Å². The normalized spacial score (nSPS) is 20.5. The van der Waals surface area contributed by atoms with Gasteiger partial charge in [0.25, 0.3) is 10.0 Å². The number of halogens is 1. The molecule has 21 heavy (non-hydrogen) atoms. The highest BCUT2D eigenvalue weighted by molar-refractivity contribution is 7.89. The maximum Gasteiger partial charge on any atom is 0.277 e. The van der Waals surface area contributed by atoms with Gasteiger partial charge in [0.2, 0.25) is 5.09 Å². The van der Waals surface area contributed by atoms with Crippen LogP contribution in [-0.2, 0) is 10.0 Å². The summed E-state index contributed by atoms with van der Waals surface area (Å²) in [7, 11) is -3.72. The maximum absolute atomic E-state index is 13.4. The molecule has 0 bridgehead atoms.